The van der Waals surface area contributed by atoms with Crippen molar-refractivity contribution < 1.29 is 14.3 Å². The fourth-order valence-corrected chi connectivity index (χ4v) is 1.54. The topological polar surface area (TPSA) is 35.5 Å². The average molecular weight is 200 g/mol. The molecule has 0 aromatic heterocycles. The Hall–Kier alpha value is -0.410. The Morgan fingerprint density at radius 1 is 1.57 bits per heavy atom. The molecule has 0 N–H and O–H groups in total. The lowest BCUT2D eigenvalue weighted by molar-refractivity contribution is -0.119. The Morgan fingerprint density at radius 2 is 2.43 bits per heavy atom. The number of hydrogen-bond donors (Lipinski definition) is 0. The van der Waals surface area contributed by atoms with Gasteiger partial charge in [-0.2, -0.15) is 0 Å². The molecule has 0 aliphatic carbocycles. The van der Waals surface area contributed by atoms with Crippen molar-refractivity contribution in [2.75, 3.05) is 19.8 Å². The third-order valence-corrected chi connectivity index (χ3v) is 2.47. The first-order valence-electron chi connectivity index (χ1n) is 5.54. The van der Waals surface area contributed by atoms with E-state index in [9.17, 15) is 4.79 Å². The molecule has 1 atom stereocenters. The minimum absolute atomic E-state index is 0.303. The van der Waals surface area contributed by atoms with Gasteiger partial charge in [0.05, 0.1) is 12.7 Å². The quantitative estimate of drug-likeness (QED) is 0.589. The van der Waals surface area contributed by atoms with Gasteiger partial charge in [0.2, 0.25) is 0 Å². The molecule has 3 nitrogen and oxygen atoms in total. The van der Waals surface area contributed by atoms with Crippen molar-refractivity contribution >= 4 is 5.78 Å². The molecule has 1 unspecified atom stereocenters. The maximum absolute atomic E-state index is 11.0. The zero-order valence-electron chi connectivity index (χ0n) is 8.96. The summed E-state index contributed by atoms with van der Waals surface area (Å²) in [4.78, 5) is 11.0. The van der Waals surface area contributed by atoms with Crippen molar-refractivity contribution in [2.24, 2.45) is 0 Å². The lowest BCUT2D eigenvalue weighted by atomic mass is 10.2. The van der Waals surface area contributed by atoms with E-state index in [1.165, 1.54) is 0 Å². The molecule has 14 heavy (non-hydrogen) atoms. The molecule has 3 heteroatoms. The van der Waals surface area contributed by atoms with E-state index in [2.05, 4.69) is 0 Å². The monoisotopic (exact) mass is 200 g/mol. The van der Waals surface area contributed by atoms with E-state index >= 15 is 0 Å². The van der Waals surface area contributed by atoms with Crippen LogP contribution in [0.15, 0.2) is 0 Å². The summed E-state index contributed by atoms with van der Waals surface area (Å²) in [6.45, 7) is 4.16. The summed E-state index contributed by atoms with van der Waals surface area (Å²) in [5.74, 6) is 0.325. The lowest BCUT2D eigenvalue weighted by Gasteiger charge is -2.09. The molecule has 1 rings (SSSR count). The SMILES string of the molecule is CCC(=O)CCCOCC1CCCO1. The smallest absolute Gasteiger partial charge is 0.132 e. The molecule has 0 aromatic rings. The molecule has 0 radical (unpaired) electrons. The van der Waals surface area contributed by atoms with Crippen molar-refractivity contribution in [1.29, 1.82) is 0 Å². The van der Waals surface area contributed by atoms with Gasteiger partial charge in [-0.15, -0.1) is 0 Å². The molecule has 1 aliphatic heterocycles. The second-order valence-corrected chi connectivity index (χ2v) is 3.71. The fraction of sp³-hybridized carbons (Fsp3) is 0.909. The first kappa shape index (κ1) is 11.7. The molecule has 0 amide bonds. The number of ketones is 1. The van der Waals surface area contributed by atoms with Crippen LogP contribution in [0.25, 0.3) is 0 Å². The van der Waals surface area contributed by atoms with E-state index in [4.69, 9.17) is 9.47 Å². The third-order valence-electron chi connectivity index (χ3n) is 2.47. The van der Waals surface area contributed by atoms with Gasteiger partial charge in [-0.1, -0.05) is 6.92 Å². The largest absolute Gasteiger partial charge is 0.379 e. The summed E-state index contributed by atoms with van der Waals surface area (Å²) in [6.07, 6.45) is 4.72. The maximum atomic E-state index is 11.0. The summed E-state index contributed by atoms with van der Waals surface area (Å²) in [7, 11) is 0. The second-order valence-electron chi connectivity index (χ2n) is 3.71. The van der Waals surface area contributed by atoms with Crippen LogP contribution in [0.2, 0.25) is 0 Å². The summed E-state index contributed by atoms with van der Waals surface area (Å²) in [5.41, 5.74) is 0. The van der Waals surface area contributed by atoms with Gasteiger partial charge in [-0.25, -0.2) is 0 Å². The van der Waals surface area contributed by atoms with Crippen LogP contribution < -0.4 is 0 Å². The van der Waals surface area contributed by atoms with Gasteiger partial charge in [-0.05, 0) is 19.3 Å². The Balaban J connectivity index is 1.86. The Bertz CT molecular complexity index is 162. The first-order chi connectivity index (χ1) is 6.83. The highest BCUT2D eigenvalue weighted by Gasteiger charge is 2.14. The molecule has 0 bridgehead atoms. The molecule has 1 fully saturated rings. The molecule has 0 aromatic carbocycles. The van der Waals surface area contributed by atoms with E-state index < -0.39 is 0 Å². The van der Waals surface area contributed by atoms with Gasteiger partial charge in [0, 0.05) is 26.1 Å². The average Bonchev–Trinajstić information content (AvgIpc) is 2.69. The maximum Gasteiger partial charge on any atom is 0.132 e. The Morgan fingerprint density at radius 3 is 3.07 bits per heavy atom. The molecular weight excluding hydrogens is 180 g/mol. The van der Waals surface area contributed by atoms with Crippen molar-refractivity contribution in [2.45, 2.75) is 45.1 Å². The first-order valence-corrected chi connectivity index (χ1v) is 5.54. The third kappa shape index (κ3) is 4.72. The summed E-state index contributed by atoms with van der Waals surface area (Å²) >= 11 is 0. The standard InChI is InChI=1S/C11H20O3/c1-2-10(12)5-3-7-13-9-11-6-4-8-14-11/h11H,2-9H2,1H3. The van der Waals surface area contributed by atoms with Gasteiger partial charge in [-0.3, -0.25) is 4.79 Å². The van der Waals surface area contributed by atoms with Crippen LogP contribution in [-0.2, 0) is 14.3 Å². The number of hydrogen-bond acceptors (Lipinski definition) is 3. The van der Waals surface area contributed by atoms with Crippen molar-refractivity contribution in [3.63, 3.8) is 0 Å². The van der Waals surface area contributed by atoms with Crippen LogP contribution in [-0.4, -0.2) is 31.7 Å². The summed E-state index contributed by atoms with van der Waals surface area (Å²) < 4.78 is 10.8. The van der Waals surface area contributed by atoms with Crippen molar-refractivity contribution in [3.8, 4) is 0 Å². The number of rotatable bonds is 7. The molecule has 82 valence electrons. The number of ether oxygens (including phenoxy) is 2. The molecular formula is C11H20O3. The van der Waals surface area contributed by atoms with Crippen molar-refractivity contribution in [3.05, 3.63) is 0 Å². The second kappa shape index (κ2) is 6.96. The molecule has 1 heterocycles. The van der Waals surface area contributed by atoms with Crippen LogP contribution in [0.4, 0.5) is 0 Å². The summed E-state index contributed by atoms with van der Waals surface area (Å²) in [6, 6.07) is 0. The fourth-order valence-electron chi connectivity index (χ4n) is 1.54. The number of carbonyl (C=O) groups excluding carboxylic acids is 1. The predicted octanol–water partition coefficient (Wildman–Crippen LogP) is 1.94. The Labute approximate surface area is 85.8 Å². The van der Waals surface area contributed by atoms with Crippen molar-refractivity contribution in [1.82, 2.24) is 0 Å². The van der Waals surface area contributed by atoms with Gasteiger partial charge in [0.25, 0.3) is 0 Å². The zero-order valence-corrected chi connectivity index (χ0v) is 8.96. The highest BCUT2D eigenvalue weighted by molar-refractivity contribution is 5.77. The van der Waals surface area contributed by atoms with E-state index in [1.807, 2.05) is 6.92 Å². The zero-order chi connectivity index (χ0) is 10.2. The van der Waals surface area contributed by atoms with E-state index in [0.717, 1.165) is 25.9 Å². The molecule has 1 aliphatic rings. The molecule has 0 spiro atoms. The van der Waals surface area contributed by atoms with Crippen LogP contribution in [0, 0.1) is 0 Å². The lowest BCUT2D eigenvalue weighted by Crippen LogP contribution is -2.14. The van der Waals surface area contributed by atoms with E-state index in [-0.39, 0.29) is 0 Å². The van der Waals surface area contributed by atoms with Gasteiger partial charge >= 0.3 is 0 Å². The Kier molecular flexibility index (Phi) is 5.80. The minimum Gasteiger partial charge on any atom is -0.379 e. The normalized spacial score (nSPS) is 21.4. The predicted molar refractivity (Wildman–Crippen MR) is 54.3 cm³/mol. The highest BCUT2D eigenvalue weighted by Crippen LogP contribution is 2.12. The van der Waals surface area contributed by atoms with Gasteiger partial charge < -0.3 is 9.47 Å². The van der Waals surface area contributed by atoms with E-state index in [0.29, 0.717) is 37.9 Å². The van der Waals surface area contributed by atoms with Gasteiger partial charge in [0.1, 0.15) is 5.78 Å². The van der Waals surface area contributed by atoms with E-state index in [1.54, 1.807) is 0 Å². The van der Waals surface area contributed by atoms with Crippen LogP contribution in [0.5, 0.6) is 0 Å². The molecule has 1 saturated heterocycles. The number of Topliss-reactive ketones (excluding diaryl/α,β-unsaturated/α-hetero) is 1. The van der Waals surface area contributed by atoms with Crippen LogP contribution >= 0.6 is 0 Å². The van der Waals surface area contributed by atoms with Crippen LogP contribution in [0.1, 0.15) is 39.0 Å². The highest BCUT2D eigenvalue weighted by atomic mass is 16.5. The molecule has 0 saturated carbocycles. The minimum atomic E-state index is 0.303. The summed E-state index contributed by atoms with van der Waals surface area (Å²) in [5, 5.41) is 0. The van der Waals surface area contributed by atoms with Crippen LogP contribution in [0.3, 0.4) is 0 Å². The number of carbonyl (C=O) groups is 1. The van der Waals surface area contributed by atoms with Gasteiger partial charge in [0.15, 0.2) is 0 Å².